The van der Waals surface area contributed by atoms with Gasteiger partial charge in [-0.15, -0.1) is 0 Å². The fraction of sp³-hybridized carbons (Fsp3) is 0.448. The van der Waals surface area contributed by atoms with Gasteiger partial charge in [0.2, 0.25) is 0 Å². The summed E-state index contributed by atoms with van der Waals surface area (Å²) in [6.45, 7) is 10.3. The lowest BCUT2D eigenvalue weighted by molar-refractivity contribution is 0.114. The van der Waals surface area contributed by atoms with E-state index in [4.69, 9.17) is 0 Å². The Bertz CT molecular complexity index is 1430. The van der Waals surface area contributed by atoms with Crippen LogP contribution in [-0.4, -0.2) is 67.3 Å². The van der Waals surface area contributed by atoms with Crippen molar-refractivity contribution in [3.8, 4) is 5.69 Å². The Balaban J connectivity index is 1.65. The minimum Gasteiger partial charge on any atom is -0.465 e. The zero-order valence-corrected chi connectivity index (χ0v) is 22.8. The van der Waals surface area contributed by atoms with E-state index in [1.54, 1.807) is 0 Å². The lowest BCUT2D eigenvalue weighted by Crippen LogP contribution is -2.58. The number of amides is 1. The standard InChI is InChI=1S/C29H35FN6O3/c1-18(2)25-26(23(30)10-12-31-25)36-24-17-33(16-21-8-6-5-7-9-21)13-11-22(24)27(32-28(36)37)34-14-20(4)35(29(38)39)15-19(34)3/h5-10,12,18-20H,11,13-17H2,1-4H3,(H,38,39)/t19-,20+/m0/s1. The second-order valence-electron chi connectivity index (χ2n) is 10.9. The zero-order chi connectivity index (χ0) is 27.8. The van der Waals surface area contributed by atoms with Crippen LogP contribution in [0.3, 0.4) is 0 Å². The molecule has 2 aliphatic heterocycles. The number of piperazine rings is 1. The fourth-order valence-corrected chi connectivity index (χ4v) is 5.79. The highest BCUT2D eigenvalue weighted by atomic mass is 19.1. The maximum absolute atomic E-state index is 15.5. The third-order valence-electron chi connectivity index (χ3n) is 7.76. The summed E-state index contributed by atoms with van der Waals surface area (Å²) in [6.07, 6.45) is 1.11. The van der Waals surface area contributed by atoms with Crippen molar-refractivity contribution < 1.29 is 14.3 Å². The van der Waals surface area contributed by atoms with Crippen molar-refractivity contribution in [2.45, 2.75) is 65.2 Å². The molecule has 2 aromatic heterocycles. The van der Waals surface area contributed by atoms with Crippen LogP contribution in [0.5, 0.6) is 0 Å². The quantitative estimate of drug-likeness (QED) is 0.528. The van der Waals surface area contributed by atoms with Crippen LogP contribution in [0.2, 0.25) is 0 Å². The maximum atomic E-state index is 15.5. The van der Waals surface area contributed by atoms with E-state index >= 15 is 4.39 Å². The Morgan fingerprint density at radius 1 is 1.13 bits per heavy atom. The highest BCUT2D eigenvalue weighted by molar-refractivity contribution is 5.66. The Hall–Kier alpha value is -3.79. The van der Waals surface area contributed by atoms with Crippen LogP contribution < -0.4 is 10.6 Å². The lowest BCUT2D eigenvalue weighted by atomic mass is 10.00. The molecule has 0 radical (unpaired) electrons. The van der Waals surface area contributed by atoms with Crippen molar-refractivity contribution in [3.63, 3.8) is 0 Å². The molecule has 39 heavy (non-hydrogen) atoms. The summed E-state index contributed by atoms with van der Waals surface area (Å²) in [6, 6.07) is 11.0. The van der Waals surface area contributed by atoms with Crippen molar-refractivity contribution in [1.82, 2.24) is 24.3 Å². The number of anilines is 1. The molecule has 5 rings (SSSR count). The first-order chi connectivity index (χ1) is 18.7. The number of carbonyl (C=O) groups is 1. The van der Waals surface area contributed by atoms with Gasteiger partial charge in [0.15, 0.2) is 5.82 Å². The number of halogens is 1. The molecular formula is C29H35FN6O3. The van der Waals surface area contributed by atoms with Crippen molar-refractivity contribution in [1.29, 1.82) is 0 Å². The van der Waals surface area contributed by atoms with Crippen molar-refractivity contribution >= 4 is 11.9 Å². The molecule has 206 valence electrons. The highest BCUT2D eigenvalue weighted by Crippen LogP contribution is 2.33. The largest absolute Gasteiger partial charge is 0.465 e. The Morgan fingerprint density at radius 2 is 1.87 bits per heavy atom. The van der Waals surface area contributed by atoms with Gasteiger partial charge in [-0.05, 0) is 37.8 Å². The number of pyridine rings is 1. The summed E-state index contributed by atoms with van der Waals surface area (Å²) < 4.78 is 16.9. The first-order valence-corrected chi connectivity index (χ1v) is 13.5. The average Bonchev–Trinajstić information content (AvgIpc) is 2.90. The van der Waals surface area contributed by atoms with Gasteiger partial charge < -0.3 is 14.9 Å². The Morgan fingerprint density at radius 3 is 2.56 bits per heavy atom. The maximum Gasteiger partial charge on any atom is 0.407 e. The molecule has 0 unspecified atom stereocenters. The molecule has 2 atom stereocenters. The van der Waals surface area contributed by atoms with Crippen LogP contribution in [0.4, 0.5) is 15.0 Å². The molecule has 10 heteroatoms. The number of fused-ring (bicyclic) bond motifs is 1. The van der Waals surface area contributed by atoms with Crippen molar-refractivity contribution in [3.05, 3.63) is 81.4 Å². The number of rotatable bonds is 5. The van der Waals surface area contributed by atoms with E-state index in [0.717, 1.165) is 17.7 Å². The molecule has 4 heterocycles. The van der Waals surface area contributed by atoms with Gasteiger partial charge in [-0.2, -0.15) is 4.98 Å². The van der Waals surface area contributed by atoms with E-state index < -0.39 is 17.6 Å². The van der Waals surface area contributed by atoms with Crippen molar-refractivity contribution in [2.24, 2.45) is 0 Å². The van der Waals surface area contributed by atoms with Gasteiger partial charge in [-0.3, -0.25) is 14.5 Å². The zero-order valence-electron chi connectivity index (χ0n) is 22.8. The third-order valence-corrected chi connectivity index (χ3v) is 7.76. The van der Waals surface area contributed by atoms with E-state index in [2.05, 4.69) is 27.0 Å². The molecule has 9 nitrogen and oxygen atoms in total. The van der Waals surface area contributed by atoms with Crippen LogP contribution in [-0.2, 0) is 19.5 Å². The molecular weight excluding hydrogens is 499 g/mol. The van der Waals surface area contributed by atoms with Gasteiger partial charge in [0.05, 0.1) is 5.69 Å². The second-order valence-corrected chi connectivity index (χ2v) is 10.9. The van der Waals surface area contributed by atoms with Crippen LogP contribution >= 0.6 is 0 Å². The monoisotopic (exact) mass is 534 g/mol. The number of carboxylic acid groups (broad SMARTS) is 1. The minimum atomic E-state index is -0.954. The van der Waals surface area contributed by atoms with E-state index in [1.165, 1.54) is 21.7 Å². The Labute approximate surface area is 227 Å². The highest BCUT2D eigenvalue weighted by Gasteiger charge is 2.36. The summed E-state index contributed by atoms with van der Waals surface area (Å²) in [4.78, 5) is 40.3. The molecule has 2 aliphatic rings. The summed E-state index contributed by atoms with van der Waals surface area (Å²) in [7, 11) is 0. The van der Waals surface area contributed by atoms with Gasteiger partial charge in [0, 0.05) is 62.3 Å². The van der Waals surface area contributed by atoms with E-state index in [-0.39, 0.29) is 23.7 Å². The van der Waals surface area contributed by atoms with Gasteiger partial charge in [0.1, 0.15) is 11.5 Å². The minimum absolute atomic E-state index is 0.105. The van der Waals surface area contributed by atoms with E-state index in [9.17, 15) is 14.7 Å². The molecule has 0 saturated carbocycles. The summed E-state index contributed by atoms with van der Waals surface area (Å²) in [5.74, 6) is -0.0397. The lowest BCUT2D eigenvalue weighted by Gasteiger charge is -2.44. The number of hydrogen-bond donors (Lipinski definition) is 1. The van der Waals surface area contributed by atoms with E-state index in [1.807, 2.05) is 50.8 Å². The average molecular weight is 535 g/mol. The summed E-state index contributed by atoms with van der Waals surface area (Å²) >= 11 is 0. The van der Waals surface area contributed by atoms with Crippen molar-refractivity contribution in [2.75, 3.05) is 24.5 Å². The van der Waals surface area contributed by atoms with Gasteiger partial charge in [-0.25, -0.2) is 14.0 Å². The molecule has 3 aromatic rings. The van der Waals surface area contributed by atoms with Crippen LogP contribution in [0.15, 0.2) is 47.4 Å². The molecule has 0 spiro atoms. The smallest absolute Gasteiger partial charge is 0.407 e. The second kappa shape index (κ2) is 10.8. The topological polar surface area (TPSA) is 94.8 Å². The third kappa shape index (κ3) is 5.13. The first-order valence-electron chi connectivity index (χ1n) is 13.5. The fourth-order valence-electron chi connectivity index (χ4n) is 5.79. The molecule has 0 aliphatic carbocycles. The number of hydrogen-bond acceptors (Lipinski definition) is 6. The normalized spacial score (nSPS) is 19.8. The van der Waals surface area contributed by atoms with Crippen LogP contribution in [0.25, 0.3) is 5.69 Å². The molecule has 1 aromatic carbocycles. The van der Waals surface area contributed by atoms with E-state index in [0.29, 0.717) is 49.8 Å². The van der Waals surface area contributed by atoms with Gasteiger partial charge in [-0.1, -0.05) is 44.2 Å². The molecule has 1 N–H and O–H groups in total. The number of benzene rings is 1. The predicted octanol–water partition coefficient (Wildman–Crippen LogP) is 4.03. The van der Waals surface area contributed by atoms with Crippen LogP contribution in [0.1, 0.15) is 56.1 Å². The summed E-state index contributed by atoms with van der Waals surface area (Å²) in [5.41, 5.74) is 2.88. The summed E-state index contributed by atoms with van der Waals surface area (Å²) in [5, 5.41) is 9.62. The molecule has 1 amide bonds. The SMILES string of the molecule is CC(C)c1nccc(F)c1-n1c2c(c(N3C[C@@H](C)N(C(=O)O)C[C@@H]3C)nc1=O)CCN(Cc1ccccc1)C2. The molecule has 1 fully saturated rings. The molecule has 1 saturated heterocycles. The first kappa shape index (κ1) is 26.8. The van der Waals surface area contributed by atoms with Gasteiger partial charge >= 0.3 is 11.8 Å². The van der Waals surface area contributed by atoms with Gasteiger partial charge in [0.25, 0.3) is 0 Å². The Kier molecular flexibility index (Phi) is 7.40. The van der Waals surface area contributed by atoms with Crippen LogP contribution in [0, 0.1) is 5.82 Å². The number of aromatic nitrogens is 3. The number of nitrogens with zero attached hydrogens (tertiary/aromatic N) is 6. The molecule has 0 bridgehead atoms. The predicted molar refractivity (Wildman–Crippen MR) is 147 cm³/mol.